The highest BCUT2D eigenvalue weighted by molar-refractivity contribution is 5.22. The van der Waals surface area contributed by atoms with E-state index in [-0.39, 0.29) is 5.88 Å². The van der Waals surface area contributed by atoms with Crippen LogP contribution in [-0.4, -0.2) is 10.1 Å². The first-order chi connectivity index (χ1) is 4.34. The van der Waals surface area contributed by atoms with E-state index in [1.165, 1.54) is 6.20 Å². The van der Waals surface area contributed by atoms with E-state index in [0.29, 0.717) is 12.1 Å². The van der Waals surface area contributed by atoms with Gasteiger partial charge in [-0.25, -0.2) is 4.98 Å². The van der Waals surface area contributed by atoms with Crippen LogP contribution >= 0.6 is 0 Å². The predicted molar refractivity (Wildman–Crippen MR) is 33.8 cm³/mol. The molecule has 48 valence electrons. The summed E-state index contributed by atoms with van der Waals surface area (Å²) in [4.78, 5) is 3.63. The molecule has 0 aliphatic heterocycles. The van der Waals surface area contributed by atoms with Crippen molar-refractivity contribution in [3.8, 4) is 5.88 Å². The Balaban J connectivity index is 3.01. The summed E-state index contributed by atoms with van der Waals surface area (Å²) in [6.45, 7) is 0.333. The highest BCUT2D eigenvalue weighted by Gasteiger charge is 1.94. The average molecular weight is 124 g/mol. The Morgan fingerprint density at radius 3 is 2.89 bits per heavy atom. The number of hydrogen-bond donors (Lipinski definition) is 2. The molecule has 0 saturated heterocycles. The van der Waals surface area contributed by atoms with Crippen molar-refractivity contribution in [1.82, 2.24) is 4.98 Å². The van der Waals surface area contributed by atoms with E-state index in [1.54, 1.807) is 12.1 Å². The van der Waals surface area contributed by atoms with Gasteiger partial charge in [-0.1, -0.05) is 6.07 Å². The normalized spacial score (nSPS) is 9.44. The molecule has 1 rings (SSSR count). The second kappa shape index (κ2) is 2.46. The maximum Gasteiger partial charge on any atom is 0.215 e. The fourth-order valence-electron chi connectivity index (χ4n) is 0.590. The minimum absolute atomic E-state index is 0.0278. The van der Waals surface area contributed by atoms with Crippen LogP contribution in [0.5, 0.6) is 5.88 Å². The van der Waals surface area contributed by atoms with Gasteiger partial charge in [-0.2, -0.15) is 0 Å². The molecule has 9 heavy (non-hydrogen) atoms. The lowest BCUT2D eigenvalue weighted by Gasteiger charge is -1.95. The van der Waals surface area contributed by atoms with Crippen LogP contribution in [-0.2, 0) is 6.54 Å². The second-order valence-electron chi connectivity index (χ2n) is 1.69. The van der Waals surface area contributed by atoms with Gasteiger partial charge in [0.15, 0.2) is 0 Å². The lowest BCUT2D eigenvalue weighted by molar-refractivity contribution is 0.446. The van der Waals surface area contributed by atoms with E-state index in [2.05, 4.69) is 4.98 Å². The van der Waals surface area contributed by atoms with Gasteiger partial charge in [-0.3, -0.25) is 0 Å². The first-order valence-corrected chi connectivity index (χ1v) is 2.67. The maximum atomic E-state index is 8.92. The molecule has 0 spiro atoms. The standard InChI is InChI=1S/C6H8N2O/c7-4-5-2-1-3-8-6(5)9/h1-3H,4,7H2,(H,8,9). The summed E-state index contributed by atoms with van der Waals surface area (Å²) in [5.74, 6) is 0.0278. The van der Waals surface area contributed by atoms with Gasteiger partial charge in [0.1, 0.15) is 0 Å². The summed E-state index contributed by atoms with van der Waals surface area (Å²) >= 11 is 0. The van der Waals surface area contributed by atoms with E-state index < -0.39 is 0 Å². The van der Waals surface area contributed by atoms with Crippen molar-refractivity contribution in [2.75, 3.05) is 0 Å². The SMILES string of the molecule is NCc1cccnc1O. The predicted octanol–water partition coefficient (Wildman–Crippen LogP) is 0.246. The van der Waals surface area contributed by atoms with Crippen molar-refractivity contribution in [2.45, 2.75) is 6.54 Å². The fraction of sp³-hybridized carbons (Fsp3) is 0.167. The van der Waals surface area contributed by atoms with Gasteiger partial charge in [0.2, 0.25) is 5.88 Å². The molecule has 0 unspecified atom stereocenters. The molecule has 0 aliphatic carbocycles. The molecule has 3 nitrogen and oxygen atoms in total. The Bertz CT molecular complexity index is 200. The summed E-state index contributed by atoms with van der Waals surface area (Å²) in [5, 5.41) is 8.92. The molecule has 0 atom stereocenters. The minimum Gasteiger partial charge on any atom is -0.493 e. The molecule has 1 aromatic heterocycles. The maximum absolute atomic E-state index is 8.92. The topological polar surface area (TPSA) is 59.1 Å². The Morgan fingerprint density at radius 2 is 2.44 bits per heavy atom. The quantitative estimate of drug-likeness (QED) is 0.564. The van der Waals surface area contributed by atoms with E-state index in [9.17, 15) is 0 Å². The number of aromatic nitrogens is 1. The number of nitrogens with zero attached hydrogens (tertiary/aromatic N) is 1. The summed E-state index contributed by atoms with van der Waals surface area (Å²) in [6.07, 6.45) is 1.52. The Morgan fingerprint density at radius 1 is 1.67 bits per heavy atom. The fourth-order valence-corrected chi connectivity index (χ4v) is 0.590. The van der Waals surface area contributed by atoms with E-state index >= 15 is 0 Å². The highest BCUT2D eigenvalue weighted by atomic mass is 16.3. The monoisotopic (exact) mass is 124 g/mol. The van der Waals surface area contributed by atoms with Gasteiger partial charge in [-0.15, -0.1) is 0 Å². The summed E-state index contributed by atoms with van der Waals surface area (Å²) in [6, 6.07) is 3.48. The van der Waals surface area contributed by atoms with Crippen LogP contribution in [0.1, 0.15) is 5.56 Å². The van der Waals surface area contributed by atoms with E-state index in [4.69, 9.17) is 10.8 Å². The second-order valence-corrected chi connectivity index (χ2v) is 1.69. The van der Waals surface area contributed by atoms with Crippen LogP contribution in [0.25, 0.3) is 0 Å². The Hall–Kier alpha value is -1.09. The number of pyridine rings is 1. The molecule has 0 aromatic carbocycles. The molecule has 3 heteroatoms. The highest BCUT2D eigenvalue weighted by Crippen LogP contribution is 2.09. The van der Waals surface area contributed by atoms with Crippen LogP contribution in [0, 0.1) is 0 Å². The van der Waals surface area contributed by atoms with Crippen LogP contribution in [0.3, 0.4) is 0 Å². The van der Waals surface area contributed by atoms with Crippen molar-refractivity contribution in [3.63, 3.8) is 0 Å². The third-order valence-corrected chi connectivity index (χ3v) is 1.09. The summed E-state index contributed by atoms with van der Waals surface area (Å²) < 4.78 is 0. The van der Waals surface area contributed by atoms with Gasteiger partial charge < -0.3 is 10.8 Å². The first kappa shape index (κ1) is 6.04. The molecule has 0 fully saturated rings. The van der Waals surface area contributed by atoms with Gasteiger partial charge in [-0.05, 0) is 6.07 Å². The zero-order valence-corrected chi connectivity index (χ0v) is 4.91. The molecule has 0 saturated carbocycles. The summed E-state index contributed by atoms with van der Waals surface area (Å²) in [7, 11) is 0. The van der Waals surface area contributed by atoms with Crippen LogP contribution in [0.15, 0.2) is 18.3 Å². The Kier molecular flexibility index (Phi) is 1.65. The van der Waals surface area contributed by atoms with Crippen molar-refractivity contribution in [1.29, 1.82) is 0 Å². The zero-order chi connectivity index (χ0) is 6.69. The molecule has 3 N–H and O–H groups in total. The molecule has 1 aromatic rings. The van der Waals surface area contributed by atoms with Crippen molar-refractivity contribution in [2.24, 2.45) is 5.73 Å². The third kappa shape index (κ3) is 1.17. The molecule has 1 heterocycles. The molecule has 0 amide bonds. The van der Waals surface area contributed by atoms with Gasteiger partial charge in [0.25, 0.3) is 0 Å². The lowest BCUT2D eigenvalue weighted by Crippen LogP contribution is -1.96. The molecular formula is C6H8N2O. The smallest absolute Gasteiger partial charge is 0.215 e. The number of nitrogens with two attached hydrogens (primary N) is 1. The van der Waals surface area contributed by atoms with Crippen molar-refractivity contribution >= 4 is 0 Å². The van der Waals surface area contributed by atoms with Crippen LogP contribution in [0.4, 0.5) is 0 Å². The molecular weight excluding hydrogens is 116 g/mol. The molecule has 0 bridgehead atoms. The van der Waals surface area contributed by atoms with Crippen molar-refractivity contribution < 1.29 is 5.11 Å². The number of hydrogen-bond acceptors (Lipinski definition) is 3. The Labute approximate surface area is 53.2 Å². The van der Waals surface area contributed by atoms with Crippen molar-refractivity contribution in [3.05, 3.63) is 23.9 Å². The average Bonchev–Trinajstić information content (AvgIpc) is 1.89. The molecule has 0 aliphatic rings. The number of rotatable bonds is 1. The van der Waals surface area contributed by atoms with Crippen LogP contribution < -0.4 is 5.73 Å². The summed E-state index contributed by atoms with van der Waals surface area (Å²) in [5.41, 5.74) is 5.93. The lowest BCUT2D eigenvalue weighted by atomic mass is 10.3. The van der Waals surface area contributed by atoms with Gasteiger partial charge >= 0.3 is 0 Å². The third-order valence-electron chi connectivity index (χ3n) is 1.09. The van der Waals surface area contributed by atoms with Gasteiger partial charge in [0.05, 0.1) is 0 Å². The van der Waals surface area contributed by atoms with E-state index in [1.807, 2.05) is 0 Å². The van der Waals surface area contributed by atoms with Gasteiger partial charge in [0, 0.05) is 18.3 Å². The minimum atomic E-state index is 0.0278. The largest absolute Gasteiger partial charge is 0.493 e. The van der Waals surface area contributed by atoms with Crippen LogP contribution in [0.2, 0.25) is 0 Å². The van der Waals surface area contributed by atoms with E-state index in [0.717, 1.165) is 0 Å². The zero-order valence-electron chi connectivity index (χ0n) is 4.91. The number of aromatic hydroxyl groups is 1. The molecule has 0 radical (unpaired) electrons. The first-order valence-electron chi connectivity index (χ1n) is 2.67.